The molecule has 1 aliphatic rings. The summed E-state index contributed by atoms with van der Waals surface area (Å²) in [6.07, 6.45) is -0.260. The van der Waals surface area contributed by atoms with Crippen LogP contribution in [0.25, 0.3) is 0 Å². The minimum atomic E-state index is -1.10. The smallest absolute Gasteiger partial charge is 0.358 e. The molecule has 2 heterocycles. The summed E-state index contributed by atoms with van der Waals surface area (Å²) in [6, 6.07) is 5.46. The first-order chi connectivity index (χ1) is 10.6. The van der Waals surface area contributed by atoms with Crippen LogP contribution >= 0.6 is 11.6 Å². The van der Waals surface area contributed by atoms with Gasteiger partial charge < -0.3 is 14.6 Å². The molecule has 0 bridgehead atoms. The van der Waals surface area contributed by atoms with Gasteiger partial charge in [0.1, 0.15) is 11.9 Å². The van der Waals surface area contributed by atoms with E-state index in [1.54, 1.807) is 16.8 Å². The Morgan fingerprint density at radius 1 is 1.59 bits per heavy atom. The zero-order valence-electron chi connectivity index (χ0n) is 11.8. The summed E-state index contributed by atoms with van der Waals surface area (Å²) in [6.45, 7) is 2.96. The average Bonchev–Trinajstić information content (AvgIpc) is 2.92. The third-order valence-corrected chi connectivity index (χ3v) is 3.72. The quantitative estimate of drug-likeness (QED) is 0.929. The summed E-state index contributed by atoms with van der Waals surface area (Å²) in [4.78, 5) is 11.0. The largest absolute Gasteiger partial charge is 0.492 e. The number of rotatable bonds is 4. The molecule has 1 aromatic heterocycles. The van der Waals surface area contributed by atoms with Gasteiger partial charge in [0.15, 0.2) is 5.69 Å². The highest BCUT2D eigenvalue weighted by Gasteiger charge is 2.27. The molecular formula is C14H14ClN3O4. The number of carbonyl (C=O) groups is 1. The fourth-order valence-corrected chi connectivity index (χ4v) is 2.61. The van der Waals surface area contributed by atoms with Crippen LogP contribution in [0.15, 0.2) is 18.2 Å². The van der Waals surface area contributed by atoms with Crippen LogP contribution in [0.4, 0.5) is 0 Å². The Balaban J connectivity index is 1.83. The normalized spacial score (nSPS) is 17.1. The number of ether oxygens (including phenoxy) is 2. The lowest BCUT2D eigenvalue weighted by Crippen LogP contribution is -2.23. The number of nitrogens with zero attached hydrogens (tertiary/aromatic N) is 3. The van der Waals surface area contributed by atoms with E-state index in [1.807, 2.05) is 13.0 Å². The molecule has 2 aromatic rings. The monoisotopic (exact) mass is 323 g/mol. The Morgan fingerprint density at radius 3 is 3.09 bits per heavy atom. The Morgan fingerprint density at radius 2 is 2.41 bits per heavy atom. The predicted molar refractivity (Wildman–Crippen MR) is 77.1 cm³/mol. The Bertz CT molecular complexity index is 716. The summed E-state index contributed by atoms with van der Waals surface area (Å²) in [5.41, 5.74) is 1.29. The van der Waals surface area contributed by atoms with Crippen LogP contribution in [-0.2, 0) is 17.9 Å². The molecule has 1 atom stereocenters. The van der Waals surface area contributed by atoms with Gasteiger partial charge in [-0.05, 0) is 24.6 Å². The highest BCUT2D eigenvalue weighted by Crippen LogP contribution is 2.32. The minimum absolute atomic E-state index is 0.0665. The Hall–Kier alpha value is -2.12. The maximum Gasteiger partial charge on any atom is 0.358 e. The molecule has 0 radical (unpaired) electrons. The molecule has 7 nitrogen and oxygen atoms in total. The molecule has 0 spiro atoms. The van der Waals surface area contributed by atoms with Crippen molar-refractivity contribution in [2.45, 2.75) is 26.2 Å². The minimum Gasteiger partial charge on any atom is -0.492 e. The van der Waals surface area contributed by atoms with E-state index in [0.29, 0.717) is 29.6 Å². The number of carboxylic acid groups (broad SMARTS) is 1. The van der Waals surface area contributed by atoms with Gasteiger partial charge in [-0.2, -0.15) is 0 Å². The topological polar surface area (TPSA) is 86.5 Å². The van der Waals surface area contributed by atoms with E-state index in [1.165, 1.54) is 0 Å². The van der Waals surface area contributed by atoms with Crippen LogP contribution in [0.3, 0.4) is 0 Å². The third-order valence-electron chi connectivity index (χ3n) is 3.43. The van der Waals surface area contributed by atoms with Gasteiger partial charge in [-0.25, -0.2) is 9.48 Å². The fourth-order valence-electron chi connectivity index (χ4n) is 2.37. The third kappa shape index (κ3) is 2.65. The molecule has 3 rings (SSSR count). The van der Waals surface area contributed by atoms with Gasteiger partial charge in [0.25, 0.3) is 0 Å². The van der Waals surface area contributed by atoms with Crippen molar-refractivity contribution in [2.75, 3.05) is 6.61 Å². The molecule has 8 heteroatoms. The first-order valence-corrected chi connectivity index (χ1v) is 7.17. The summed E-state index contributed by atoms with van der Waals surface area (Å²) in [7, 11) is 0. The SMILES string of the molecule is CCOc1ccc([C@H]2Cn3nnc(C(=O)O)c3CO2)cc1Cl. The van der Waals surface area contributed by atoms with E-state index in [-0.39, 0.29) is 18.4 Å². The molecule has 116 valence electrons. The summed E-state index contributed by atoms with van der Waals surface area (Å²) in [5, 5.41) is 17.1. The lowest BCUT2D eigenvalue weighted by molar-refractivity contribution is -0.00208. The first kappa shape index (κ1) is 14.8. The summed E-state index contributed by atoms with van der Waals surface area (Å²) >= 11 is 6.18. The molecule has 0 saturated carbocycles. The van der Waals surface area contributed by atoms with E-state index in [9.17, 15) is 4.79 Å². The molecule has 0 unspecified atom stereocenters. The maximum absolute atomic E-state index is 11.0. The number of hydrogen-bond donors (Lipinski definition) is 1. The summed E-state index contributed by atoms with van der Waals surface area (Å²) in [5.74, 6) is -0.481. The molecule has 0 fully saturated rings. The standard InChI is InChI=1S/C14H14ClN3O4/c1-2-21-11-4-3-8(5-9(11)15)12-6-18-10(7-22-12)13(14(19)20)16-17-18/h3-5,12H,2,6-7H2,1H3,(H,19,20)/t12-/m1/s1. The highest BCUT2D eigenvalue weighted by atomic mass is 35.5. The second-order valence-corrected chi connectivity index (χ2v) is 5.20. The Labute approximate surface area is 131 Å². The molecule has 1 aromatic carbocycles. The van der Waals surface area contributed by atoms with Crippen molar-refractivity contribution in [3.8, 4) is 5.75 Å². The lowest BCUT2D eigenvalue weighted by Gasteiger charge is -2.24. The van der Waals surface area contributed by atoms with Crippen molar-refractivity contribution in [3.63, 3.8) is 0 Å². The van der Waals surface area contributed by atoms with Crippen molar-refractivity contribution in [2.24, 2.45) is 0 Å². The van der Waals surface area contributed by atoms with Gasteiger partial charge >= 0.3 is 5.97 Å². The second-order valence-electron chi connectivity index (χ2n) is 4.79. The number of hydrogen-bond acceptors (Lipinski definition) is 5. The first-order valence-electron chi connectivity index (χ1n) is 6.79. The van der Waals surface area contributed by atoms with Crippen molar-refractivity contribution in [1.82, 2.24) is 15.0 Å². The van der Waals surface area contributed by atoms with Gasteiger partial charge in [-0.1, -0.05) is 22.9 Å². The molecule has 0 saturated heterocycles. The average molecular weight is 324 g/mol. The molecule has 1 N–H and O–H groups in total. The van der Waals surface area contributed by atoms with Crippen LogP contribution in [0.1, 0.15) is 34.8 Å². The van der Waals surface area contributed by atoms with Gasteiger partial charge in [0.05, 0.1) is 30.5 Å². The lowest BCUT2D eigenvalue weighted by atomic mass is 10.1. The van der Waals surface area contributed by atoms with Gasteiger partial charge in [-0.15, -0.1) is 5.10 Å². The van der Waals surface area contributed by atoms with Gasteiger partial charge in [0, 0.05) is 0 Å². The van der Waals surface area contributed by atoms with Crippen LogP contribution < -0.4 is 4.74 Å². The zero-order chi connectivity index (χ0) is 15.7. The Kier molecular flexibility index (Phi) is 4.00. The van der Waals surface area contributed by atoms with Crippen LogP contribution in [0.5, 0.6) is 5.75 Å². The number of aromatic carboxylic acids is 1. The molecule has 1 aliphatic heterocycles. The number of carboxylic acids is 1. The van der Waals surface area contributed by atoms with E-state index >= 15 is 0 Å². The molecule has 22 heavy (non-hydrogen) atoms. The van der Waals surface area contributed by atoms with Gasteiger partial charge in [0.2, 0.25) is 0 Å². The van der Waals surface area contributed by atoms with Crippen LogP contribution in [-0.4, -0.2) is 32.7 Å². The van der Waals surface area contributed by atoms with Gasteiger partial charge in [-0.3, -0.25) is 0 Å². The second kappa shape index (κ2) is 5.94. The van der Waals surface area contributed by atoms with Crippen LogP contribution in [0.2, 0.25) is 5.02 Å². The van der Waals surface area contributed by atoms with E-state index in [4.69, 9.17) is 26.2 Å². The van der Waals surface area contributed by atoms with Crippen molar-refractivity contribution in [3.05, 3.63) is 40.2 Å². The molecular weight excluding hydrogens is 310 g/mol. The van der Waals surface area contributed by atoms with E-state index < -0.39 is 5.97 Å². The number of halogens is 1. The maximum atomic E-state index is 11.0. The zero-order valence-corrected chi connectivity index (χ0v) is 12.6. The van der Waals surface area contributed by atoms with E-state index in [0.717, 1.165) is 5.56 Å². The number of fused-ring (bicyclic) bond motifs is 1. The van der Waals surface area contributed by atoms with Crippen molar-refractivity contribution >= 4 is 17.6 Å². The van der Waals surface area contributed by atoms with Crippen molar-refractivity contribution in [1.29, 1.82) is 0 Å². The predicted octanol–water partition coefficient (Wildman–Crippen LogP) is 2.30. The fraction of sp³-hybridized carbons (Fsp3) is 0.357. The number of aromatic nitrogens is 3. The molecule has 0 amide bonds. The number of benzene rings is 1. The highest BCUT2D eigenvalue weighted by molar-refractivity contribution is 6.32. The van der Waals surface area contributed by atoms with Crippen molar-refractivity contribution < 1.29 is 19.4 Å². The van der Waals surface area contributed by atoms with E-state index in [2.05, 4.69) is 10.3 Å². The summed E-state index contributed by atoms with van der Waals surface area (Å²) < 4.78 is 12.7. The van der Waals surface area contributed by atoms with Crippen LogP contribution in [0, 0.1) is 0 Å². The molecule has 0 aliphatic carbocycles.